The van der Waals surface area contributed by atoms with E-state index in [0.29, 0.717) is 31.4 Å². The number of hydrogen-bond donors (Lipinski definition) is 4. The molecule has 1 fully saturated rings. The third-order valence-corrected chi connectivity index (χ3v) is 9.04. The van der Waals surface area contributed by atoms with Gasteiger partial charge in [-0.05, 0) is 57.5 Å². The number of ether oxygens (including phenoxy) is 4. The Labute approximate surface area is 245 Å². The van der Waals surface area contributed by atoms with E-state index in [9.17, 15) is 39.3 Å². The number of rotatable bonds is 9. The van der Waals surface area contributed by atoms with Crippen molar-refractivity contribution in [1.29, 1.82) is 0 Å². The minimum absolute atomic E-state index is 0.0394. The second-order valence-corrected chi connectivity index (χ2v) is 11.6. The number of aliphatic hydroxyl groups is 1. The first-order chi connectivity index (χ1) is 20.2. The number of phenols is 1. The van der Waals surface area contributed by atoms with Crippen LogP contribution in [0.3, 0.4) is 0 Å². The maximum Gasteiger partial charge on any atom is 0.349 e. The van der Waals surface area contributed by atoms with Gasteiger partial charge in [0.25, 0.3) is 0 Å². The number of benzene rings is 1. The molecule has 1 aromatic carbocycles. The maximum absolute atomic E-state index is 13.4. The number of carbonyl (C=O) groups excluding carboxylic acids is 3. The predicted molar refractivity (Wildman–Crippen MR) is 142 cm³/mol. The molecule has 0 aromatic heterocycles. The first-order valence-electron chi connectivity index (χ1n) is 13.9. The number of phenolic OH excluding ortho intramolecular Hbond substituents is 1. The molecule has 2 aliphatic heterocycles. The fraction of sp³-hybridized carbons (Fsp3) is 0.552. The van der Waals surface area contributed by atoms with E-state index in [0.717, 1.165) is 12.5 Å². The van der Waals surface area contributed by atoms with E-state index in [-0.39, 0.29) is 29.7 Å². The molecule has 5 rings (SSSR count). The smallest absolute Gasteiger partial charge is 0.349 e. The number of esters is 3. The van der Waals surface area contributed by atoms with Crippen molar-refractivity contribution >= 4 is 29.8 Å². The molecule has 4 aliphatic rings. The number of carboxylic acids is 2. The molecule has 4 N–H and O–H groups in total. The fourth-order valence-corrected chi connectivity index (χ4v) is 7.10. The summed E-state index contributed by atoms with van der Waals surface area (Å²) in [5.74, 6) is -8.18. The van der Waals surface area contributed by atoms with E-state index < -0.39 is 71.5 Å². The van der Waals surface area contributed by atoms with Gasteiger partial charge in [0.1, 0.15) is 11.7 Å². The summed E-state index contributed by atoms with van der Waals surface area (Å²) in [6, 6.07) is 3.05. The van der Waals surface area contributed by atoms with Crippen LogP contribution in [0.15, 0.2) is 24.0 Å². The molecule has 0 unspecified atom stereocenters. The van der Waals surface area contributed by atoms with Gasteiger partial charge in [-0.3, -0.25) is 14.4 Å². The third kappa shape index (κ3) is 4.78. The van der Waals surface area contributed by atoms with E-state index in [1.165, 1.54) is 13.0 Å². The summed E-state index contributed by atoms with van der Waals surface area (Å²) in [4.78, 5) is 62.6. The molecular formula is C29H33NO13. The lowest BCUT2D eigenvalue weighted by atomic mass is 9.52. The second-order valence-electron chi connectivity index (χ2n) is 11.6. The third-order valence-electron chi connectivity index (χ3n) is 9.04. The number of carbonyl (C=O) groups is 5. The summed E-state index contributed by atoms with van der Waals surface area (Å²) in [6.45, 7) is 2.87. The highest BCUT2D eigenvalue weighted by molar-refractivity contribution is 5.88. The van der Waals surface area contributed by atoms with Gasteiger partial charge in [-0.1, -0.05) is 6.07 Å². The number of carboxylic acid groups (broad SMARTS) is 2. The Morgan fingerprint density at radius 2 is 1.86 bits per heavy atom. The highest BCUT2D eigenvalue weighted by atomic mass is 16.6. The Kier molecular flexibility index (Phi) is 7.63. The average Bonchev–Trinajstić information content (AvgIpc) is 3.27. The summed E-state index contributed by atoms with van der Waals surface area (Å²) < 4.78 is 21.8. The van der Waals surface area contributed by atoms with Crippen LogP contribution in [0.2, 0.25) is 0 Å². The van der Waals surface area contributed by atoms with Crippen molar-refractivity contribution in [2.45, 2.75) is 81.3 Å². The number of aromatic hydroxyl groups is 1. The summed E-state index contributed by atoms with van der Waals surface area (Å²) in [7, 11) is 1.94. The molecule has 14 heteroatoms. The van der Waals surface area contributed by atoms with E-state index in [4.69, 9.17) is 24.1 Å². The fourth-order valence-electron chi connectivity index (χ4n) is 7.10. The van der Waals surface area contributed by atoms with E-state index in [2.05, 4.69) is 4.90 Å². The number of nitrogens with zero attached hydrogens (tertiary/aromatic N) is 1. The van der Waals surface area contributed by atoms with Crippen molar-refractivity contribution in [3.63, 3.8) is 0 Å². The Balaban J connectivity index is 1.45. The normalized spacial score (nSPS) is 29.0. The van der Waals surface area contributed by atoms with Gasteiger partial charge in [0.05, 0.1) is 17.4 Å². The Morgan fingerprint density at radius 1 is 1.14 bits per heavy atom. The summed E-state index contributed by atoms with van der Waals surface area (Å²) in [6.07, 6.45) is -2.81. The molecular weight excluding hydrogens is 570 g/mol. The number of hydrogen-bond acceptors (Lipinski definition) is 12. The summed E-state index contributed by atoms with van der Waals surface area (Å²) in [5, 5.41) is 41.3. The number of likely N-dealkylation sites (N-methyl/N-ethyl adjacent to an activating group) is 1. The number of likely N-dealkylation sites (tertiary alicyclic amines) is 1. The van der Waals surface area contributed by atoms with Gasteiger partial charge in [-0.25, -0.2) is 9.59 Å². The summed E-state index contributed by atoms with van der Waals surface area (Å²) in [5.41, 5.74) is -0.791. The standard InChI is InChI=1S/C29H33NO13/c1-13(22(40-14(2)31)27(38)42-18(25(35)36)12-20(33)34)26(37)41-17-7-9-29(39)19-11-15-5-6-16(32)23-21(15)28(29,24(17)43-23)8-4-10-30(19)3/h5-7,13,18-19,22,24,32,39H,4,8-12H2,1-3H3,(H,33,34)(H,35,36)/t13-,18-,19-,22-,24+,28+,29-/m1/s1. The van der Waals surface area contributed by atoms with E-state index in [1.54, 1.807) is 6.08 Å². The molecule has 2 bridgehead atoms. The molecule has 232 valence electrons. The second kappa shape index (κ2) is 10.8. The van der Waals surface area contributed by atoms with Crippen LogP contribution < -0.4 is 4.74 Å². The lowest BCUT2D eigenvalue weighted by molar-refractivity contribution is -0.184. The molecule has 0 saturated carbocycles. The highest BCUT2D eigenvalue weighted by Gasteiger charge is 2.71. The van der Waals surface area contributed by atoms with Crippen LogP contribution in [-0.2, 0) is 50.0 Å². The molecule has 1 saturated heterocycles. The van der Waals surface area contributed by atoms with E-state index in [1.807, 2.05) is 13.1 Å². The van der Waals surface area contributed by atoms with Crippen molar-refractivity contribution in [1.82, 2.24) is 4.90 Å². The van der Waals surface area contributed by atoms with Gasteiger partial charge in [0, 0.05) is 24.9 Å². The number of aliphatic carboxylic acids is 2. The summed E-state index contributed by atoms with van der Waals surface area (Å²) >= 11 is 0. The largest absolute Gasteiger partial charge is 0.504 e. The molecule has 0 amide bonds. The lowest BCUT2D eigenvalue weighted by Gasteiger charge is -2.56. The Morgan fingerprint density at radius 3 is 2.51 bits per heavy atom. The lowest BCUT2D eigenvalue weighted by Crippen LogP contribution is -2.69. The van der Waals surface area contributed by atoms with Crippen molar-refractivity contribution < 1.29 is 63.3 Å². The minimum Gasteiger partial charge on any atom is -0.504 e. The topological polar surface area (TPSA) is 206 Å². The van der Waals surface area contributed by atoms with Crippen molar-refractivity contribution in [3.8, 4) is 11.5 Å². The minimum atomic E-state index is -2.09. The van der Waals surface area contributed by atoms with Crippen LogP contribution in [0.4, 0.5) is 0 Å². The van der Waals surface area contributed by atoms with E-state index >= 15 is 0 Å². The molecule has 14 nitrogen and oxygen atoms in total. The zero-order chi connectivity index (χ0) is 31.4. The van der Waals surface area contributed by atoms with Gasteiger partial charge < -0.3 is 44.3 Å². The van der Waals surface area contributed by atoms with Crippen LogP contribution >= 0.6 is 0 Å². The van der Waals surface area contributed by atoms with Gasteiger partial charge in [-0.15, -0.1) is 0 Å². The van der Waals surface area contributed by atoms with Crippen molar-refractivity contribution in [2.24, 2.45) is 5.92 Å². The van der Waals surface area contributed by atoms with Gasteiger partial charge in [0.2, 0.25) is 12.2 Å². The molecule has 1 aromatic rings. The van der Waals surface area contributed by atoms with Crippen LogP contribution in [0.25, 0.3) is 0 Å². The molecule has 7 atom stereocenters. The first-order valence-corrected chi connectivity index (χ1v) is 13.9. The van der Waals surface area contributed by atoms with Crippen LogP contribution in [0.1, 0.15) is 50.7 Å². The average molecular weight is 604 g/mol. The Bertz CT molecular complexity index is 1420. The predicted octanol–water partition coefficient (Wildman–Crippen LogP) is 0.642. The molecule has 43 heavy (non-hydrogen) atoms. The first kappa shape index (κ1) is 30.3. The van der Waals surface area contributed by atoms with Crippen molar-refractivity contribution in [2.75, 3.05) is 13.6 Å². The SMILES string of the molecule is CC(=O)O[C@@H](C(=O)O[C@H](CC(=O)O)C(=O)O)[C@@H](C)C(=O)OC1=CC[C@@]2(O)[C@H]3Cc4ccc(O)c5c4[C@@]2(CCCN3C)[C@H]1O5. The van der Waals surface area contributed by atoms with Gasteiger partial charge in [-0.2, -0.15) is 0 Å². The zero-order valence-corrected chi connectivity index (χ0v) is 23.8. The molecule has 0 radical (unpaired) electrons. The zero-order valence-electron chi connectivity index (χ0n) is 23.8. The molecule has 1 spiro atoms. The quantitative estimate of drug-likeness (QED) is 0.226. The van der Waals surface area contributed by atoms with Crippen LogP contribution in [-0.4, -0.2) is 98.7 Å². The van der Waals surface area contributed by atoms with Gasteiger partial charge in [0.15, 0.2) is 17.6 Å². The highest BCUT2D eigenvalue weighted by Crippen LogP contribution is 2.65. The van der Waals surface area contributed by atoms with Crippen molar-refractivity contribution in [3.05, 3.63) is 35.1 Å². The molecule has 2 heterocycles. The monoisotopic (exact) mass is 603 g/mol. The van der Waals surface area contributed by atoms with Gasteiger partial charge >= 0.3 is 29.8 Å². The van der Waals surface area contributed by atoms with Crippen LogP contribution in [0.5, 0.6) is 11.5 Å². The Hall–Kier alpha value is -4.17. The van der Waals surface area contributed by atoms with Crippen LogP contribution in [0, 0.1) is 5.92 Å². The maximum atomic E-state index is 13.4. The molecule has 2 aliphatic carbocycles.